The number of benzene rings is 1. The van der Waals surface area contributed by atoms with Crippen LogP contribution in [0.5, 0.6) is 5.75 Å². The van der Waals surface area contributed by atoms with Gasteiger partial charge in [-0.25, -0.2) is 0 Å². The van der Waals surface area contributed by atoms with Gasteiger partial charge in [0, 0.05) is 11.7 Å². The lowest BCUT2D eigenvalue weighted by Gasteiger charge is -2.34. The van der Waals surface area contributed by atoms with Crippen molar-refractivity contribution in [2.75, 3.05) is 25.0 Å². The van der Waals surface area contributed by atoms with E-state index in [9.17, 15) is 5.11 Å². The molecule has 2 rings (SSSR count). The normalized spacial score (nSPS) is 19.7. The van der Waals surface area contributed by atoms with Crippen LogP contribution in [0.3, 0.4) is 0 Å². The Morgan fingerprint density at radius 1 is 1.28 bits per heavy atom. The summed E-state index contributed by atoms with van der Waals surface area (Å²) in [6.45, 7) is 8.12. The number of phenols is 1. The van der Waals surface area contributed by atoms with E-state index in [1.807, 2.05) is 12.1 Å². The van der Waals surface area contributed by atoms with Crippen molar-refractivity contribution in [1.29, 1.82) is 0 Å². The van der Waals surface area contributed by atoms with Crippen LogP contribution in [0.1, 0.15) is 26.7 Å². The van der Waals surface area contributed by atoms with Crippen molar-refractivity contribution in [1.82, 2.24) is 4.90 Å². The van der Waals surface area contributed by atoms with Crippen molar-refractivity contribution in [3.05, 3.63) is 24.3 Å². The third kappa shape index (κ3) is 3.39. The van der Waals surface area contributed by atoms with Gasteiger partial charge >= 0.3 is 0 Å². The molecule has 1 unspecified atom stereocenters. The van der Waals surface area contributed by atoms with Crippen molar-refractivity contribution in [2.45, 2.75) is 32.7 Å². The molecule has 1 aliphatic rings. The quantitative estimate of drug-likeness (QED) is 0.804. The lowest BCUT2D eigenvalue weighted by molar-refractivity contribution is 0.183. The second-order valence-electron chi connectivity index (χ2n) is 5.25. The predicted octanol–water partition coefficient (Wildman–Crippen LogP) is 2.92. The SMILES string of the molecule is CCN1CCC(C(C)Nc2ccc(O)cc2)CC1. The Morgan fingerprint density at radius 3 is 2.44 bits per heavy atom. The molecule has 1 fully saturated rings. The van der Waals surface area contributed by atoms with E-state index in [1.54, 1.807) is 12.1 Å². The molecular formula is C15H24N2O. The first-order valence-corrected chi connectivity index (χ1v) is 6.97. The van der Waals surface area contributed by atoms with Gasteiger partial charge in [0.15, 0.2) is 0 Å². The maximum Gasteiger partial charge on any atom is 0.115 e. The minimum atomic E-state index is 0.324. The summed E-state index contributed by atoms with van der Waals surface area (Å²) in [6.07, 6.45) is 2.56. The van der Waals surface area contributed by atoms with E-state index in [4.69, 9.17) is 0 Å². The Bertz CT molecular complexity index is 355. The van der Waals surface area contributed by atoms with Crippen LogP contribution in [0.2, 0.25) is 0 Å². The molecule has 1 saturated heterocycles. The maximum absolute atomic E-state index is 9.26. The molecule has 0 aliphatic carbocycles. The van der Waals surface area contributed by atoms with Crippen LogP contribution in [0.25, 0.3) is 0 Å². The highest BCUT2D eigenvalue weighted by Gasteiger charge is 2.22. The molecule has 0 spiro atoms. The van der Waals surface area contributed by atoms with Crippen molar-refractivity contribution in [3.8, 4) is 5.75 Å². The van der Waals surface area contributed by atoms with Crippen LogP contribution in [0.15, 0.2) is 24.3 Å². The van der Waals surface area contributed by atoms with Gasteiger partial charge in [-0.3, -0.25) is 0 Å². The molecule has 1 aromatic carbocycles. The molecule has 0 radical (unpaired) electrons. The van der Waals surface area contributed by atoms with E-state index >= 15 is 0 Å². The average Bonchev–Trinajstić information content (AvgIpc) is 2.41. The predicted molar refractivity (Wildman–Crippen MR) is 76.0 cm³/mol. The van der Waals surface area contributed by atoms with Gasteiger partial charge in [-0.05, 0) is 69.6 Å². The molecule has 0 bridgehead atoms. The molecule has 2 N–H and O–H groups in total. The highest BCUT2D eigenvalue weighted by atomic mass is 16.3. The maximum atomic E-state index is 9.26. The van der Waals surface area contributed by atoms with Crippen LogP contribution in [0.4, 0.5) is 5.69 Å². The number of likely N-dealkylation sites (tertiary alicyclic amines) is 1. The molecule has 0 saturated carbocycles. The zero-order valence-electron chi connectivity index (χ0n) is 11.4. The monoisotopic (exact) mass is 248 g/mol. The molecule has 18 heavy (non-hydrogen) atoms. The molecule has 1 aliphatic heterocycles. The standard InChI is InChI=1S/C15H24N2O/c1-3-17-10-8-13(9-11-17)12(2)16-14-4-6-15(18)7-5-14/h4-7,12-13,16,18H,3,8-11H2,1-2H3. The number of nitrogens with zero attached hydrogens (tertiary/aromatic N) is 1. The first-order chi connectivity index (χ1) is 8.69. The first-order valence-electron chi connectivity index (χ1n) is 6.97. The number of hydrogen-bond donors (Lipinski definition) is 2. The largest absolute Gasteiger partial charge is 0.508 e. The van der Waals surface area contributed by atoms with Gasteiger partial charge in [-0.15, -0.1) is 0 Å². The van der Waals surface area contributed by atoms with Gasteiger partial charge in [0.1, 0.15) is 5.75 Å². The van der Waals surface area contributed by atoms with Crippen molar-refractivity contribution in [3.63, 3.8) is 0 Å². The van der Waals surface area contributed by atoms with Gasteiger partial charge < -0.3 is 15.3 Å². The Balaban J connectivity index is 1.85. The lowest BCUT2D eigenvalue weighted by atomic mass is 9.90. The van der Waals surface area contributed by atoms with Crippen LogP contribution in [-0.2, 0) is 0 Å². The van der Waals surface area contributed by atoms with E-state index in [0.29, 0.717) is 11.8 Å². The Morgan fingerprint density at radius 2 is 1.89 bits per heavy atom. The molecule has 3 heteroatoms. The summed E-state index contributed by atoms with van der Waals surface area (Å²) in [5.74, 6) is 1.08. The van der Waals surface area contributed by atoms with Crippen LogP contribution < -0.4 is 5.32 Å². The lowest BCUT2D eigenvalue weighted by Crippen LogP contribution is -2.39. The van der Waals surface area contributed by atoms with E-state index in [2.05, 4.69) is 24.1 Å². The second-order valence-corrected chi connectivity index (χ2v) is 5.25. The van der Waals surface area contributed by atoms with Crippen LogP contribution >= 0.6 is 0 Å². The van der Waals surface area contributed by atoms with Crippen molar-refractivity contribution < 1.29 is 5.11 Å². The van der Waals surface area contributed by atoms with E-state index in [0.717, 1.165) is 11.6 Å². The fraction of sp³-hybridized carbons (Fsp3) is 0.600. The molecule has 100 valence electrons. The number of hydrogen-bond acceptors (Lipinski definition) is 3. The minimum Gasteiger partial charge on any atom is -0.508 e. The number of aromatic hydroxyl groups is 1. The third-order valence-corrected chi connectivity index (χ3v) is 4.05. The number of rotatable bonds is 4. The Kier molecular flexibility index (Phi) is 4.48. The topological polar surface area (TPSA) is 35.5 Å². The van der Waals surface area contributed by atoms with Crippen LogP contribution in [-0.4, -0.2) is 35.7 Å². The van der Waals surface area contributed by atoms with Crippen LogP contribution in [0, 0.1) is 5.92 Å². The fourth-order valence-electron chi connectivity index (χ4n) is 2.71. The Hall–Kier alpha value is -1.22. The number of piperidine rings is 1. The van der Waals surface area contributed by atoms with E-state index in [-0.39, 0.29) is 0 Å². The average molecular weight is 248 g/mol. The first kappa shape index (κ1) is 13.2. The molecule has 0 aromatic heterocycles. The van der Waals surface area contributed by atoms with Gasteiger partial charge in [0.2, 0.25) is 0 Å². The summed E-state index contributed by atoms with van der Waals surface area (Å²) < 4.78 is 0. The fourth-order valence-corrected chi connectivity index (χ4v) is 2.71. The molecule has 1 atom stereocenters. The van der Waals surface area contributed by atoms with E-state index < -0.39 is 0 Å². The highest BCUT2D eigenvalue weighted by Crippen LogP contribution is 2.23. The summed E-state index contributed by atoms with van der Waals surface area (Å²) in [6, 6.07) is 7.83. The smallest absolute Gasteiger partial charge is 0.115 e. The molecule has 1 aromatic rings. The van der Waals surface area contributed by atoms with Gasteiger partial charge in [0.25, 0.3) is 0 Å². The zero-order chi connectivity index (χ0) is 13.0. The van der Waals surface area contributed by atoms with Crippen molar-refractivity contribution in [2.24, 2.45) is 5.92 Å². The summed E-state index contributed by atoms with van der Waals surface area (Å²) >= 11 is 0. The Labute approximate surface area is 110 Å². The molecule has 0 amide bonds. The summed E-state index contributed by atoms with van der Waals surface area (Å²) in [4.78, 5) is 2.52. The third-order valence-electron chi connectivity index (χ3n) is 4.05. The summed E-state index contributed by atoms with van der Waals surface area (Å²) in [5, 5.41) is 12.8. The molecular weight excluding hydrogens is 224 g/mol. The van der Waals surface area contributed by atoms with Gasteiger partial charge in [-0.1, -0.05) is 6.92 Å². The van der Waals surface area contributed by atoms with E-state index in [1.165, 1.54) is 32.5 Å². The summed E-state index contributed by atoms with van der Waals surface area (Å²) in [7, 11) is 0. The zero-order valence-corrected chi connectivity index (χ0v) is 11.4. The summed E-state index contributed by atoms with van der Waals surface area (Å²) in [5.41, 5.74) is 1.10. The number of anilines is 1. The minimum absolute atomic E-state index is 0.324. The molecule has 3 nitrogen and oxygen atoms in total. The van der Waals surface area contributed by atoms with Gasteiger partial charge in [-0.2, -0.15) is 0 Å². The number of phenolic OH excluding ortho intramolecular Hbond substituents is 1. The highest BCUT2D eigenvalue weighted by molar-refractivity contribution is 5.46. The van der Waals surface area contributed by atoms with Crippen molar-refractivity contribution >= 4 is 5.69 Å². The van der Waals surface area contributed by atoms with Gasteiger partial charge in [0.05, 0.1) is 0 Å². The molecule has 1 heterocycles. The second kappa shape index (κ2) is 6.10. The number of nitrogens with one attached hydrogen (secondary N) is 1.